The largest absolute Gasteiger partial charge is 0.497 e. The molecule has 1 aliphatic heterocycles. The lowest BCUT2D eigenvalue weighted by Gasteiger charge is -2.27. The fraction of sp³-hybridized carbons (Fsp3) is 0.423. The molecule has 0 radical (unpaired) electrons. The number of nitrogens with zero attached hydrogens (tertiary/aromatic N) is 3. The molecule has 2 aromatic carbocycles. The lowest BCUT2D eigenvalue weighted by Crippen LogP contribution is -2.42. The van der Waals surface area contributed by atoms with Gasteiger partial charge in [-0.05, 0) is 47.5 Å². The van der Waals surface area contributed by atoms with Gasteiger partial charge in [0, 0.05) is 26.5 Å². The molecule has 1 aliphatic rings. The Balaban J connectivity index is 1.95. The summed E-state index contributed by atoms with van der Waals surface area (Å²) in [5.74, 6) is 1.52. The van der Waals surface area contributed by atoms with Crippen LogP contribution >= 0.6 is 0 Å². The molecule has 0 saturated carbocycles. The maximum absolute atomic E-state index is 13.5. The molecule has 2 aromatic rings. The number of ether oxygens (including phenoxy) is 4. The normalized spacial score (nSPS) is 14.9. The molecule has 35 heavy (non-hydrogen) atoms. The zero-order chi connectivity index (χ0) is 25.4. The summed E-state index contributed by atoms with van der Waals surface area (Å²) < 4.78 is 21.2. The van der Waals surface area contributed by atoms with Crippen molar-refractivity contribution in [3.05, 3.63) is 53.6 Å². The topological polar surface area (TPSA) is 89.9 Å². The third kappa shape index (κ3) is 6.10. The Hall–Kier alpha value is -3.59. The van der Waals surface area contributed by atoms with Gasteiger partial charge in [-0.2, -0.15) is 5.10 Å². The molecular weight excluding hydrogens is 450 g/mol. The molecule has 1 heterocycles. The van der Waals surface area contributed by atoms with Crippen LogP contribution in [-0.2, 0) is 14.3 Å². The molecule has 0 saturated heterocycles. The Morgan fingerprint density at radius 2 is 1.71 bits per heavy atom. The van der Waals surface area contributed by atoms with Crippen molar-refractivity contribution in [1.29, 1.82) is 0 Å². The third-order valence-electron chi connectivity index (χ3n) is 5.93. The molecule has 0 N–H and O–H groups in total. The van der Waals surface area contributed by atoms with Gasteiger partial charge in [-0.1, -0.05) is 13.0 Å². The number of amides is 2. The van der Waals surface area contributed by atoms with Crippen molar-refractivity contribution >= 4 is 17.5 Å². The Kier molecular flexibility index (Phi) is 9.08. The zero-order valence-corrected chi connectivity index (χ0v) is 20.9. The van der Waals surface area contributed by atoms with E-state index in [0.29, 0.717) is 37.5 Å². The van der Waals surface area contributed by atoms with Crippen LogP contribution in [0, 0.1) is 0 Å². The Morgan fingerprint density at radius 1 is 1.00 bits per heavy atom. The number of methoxy groups -OCH3 is 4. The van der Waals surface area contributed by atoms with E-state index in [1.807, 2.05) is 42.5 Å². The van der Waals surface area contributed by atoms with Gasteiger partial charge in [0.25, 0.3) is 5.91 Å². The van der Waals surface area contributed by atoms with E-state index in [4.69, 9.17) is 24.0 Å². The first-order valence-electron chi connectivity index (χ1n) is 11.5. The van der Waals surface area contributed by atoms with Crippen LogP contribution in [0.4, 0.5) is 0 Å². The van der Waals surface area contributed by atoms with E-state index in [1.165, 1.54) is 9.91 Å². The van der Waals surface area contributed by atoms with Crippen molar-refractivity contribution in [3.8, 4) is 17.2 Å². The van der Waals surface area contributed by atoms with Crippen molar-refractivity contribution in [2.24, 2.45) is 5.10 Å². The quantitative estimate of drug-likeness (QED) is 0.487. The highest BCUT2D eigenvalue weighted by molar-refractivity contribution is 6.03. The number of hydrogen-bond donors (Lipinski definition) is 0. The summed E-state index contributed by atoms with van der Waals surface area (Å²) in [6.07, 6.45) is 0.809. The lowest BCUT2D eigenvalue weighted by atomic mass is 9.98. The number of carbonyl (C=O) groups excluding carboxylic acids is 2. The van der Waals surface area contributed by atoms with Crippen LogP contribution in [-0.4, -0.2) is 75.6 Å². The average Bonchev–Trinajstić information content (AvgIpc) is 3.35. The van der Waals surface area contributed by atoms with E-state index in [2.05, 4.69) is 0 Å². The zero-order valence-electron chi connectivity index (χ0n) is 20.9. The van der Waals surface area contributed by atoms with E-state index in [1.54, 1.807) is 35.4 Å². The standard InChI is InChI=1S/C26H33N3O6/c1-6-25(30)28(13-14-32-2)17-26(31)29-22(19-9-12-23(34-4)24(15-19)35-5)16-21(27-29)18-7-10-20(33-3)11-8-18/h7-12,15,22H,6,13-14,16-17H2,1-5H3/t22-/m0/s1. The Morgan fingerprint density at radius 3 is 2.31 bits per heavy atom. The van der Waals surface area contributed by atoms with Crippen molar-refractivity contribution in [2.45, 2.75) is 25.8 Å². The van der Waals surface area contributed by atoms with E-state index < -0.39 is 0 Å². The van der Waals surface area contributed by atoms with E-state index in [0.717, 1.165) is 22.6 Å². The van der Waals surface area contributed by atoms with E-state index >= 15 is 0 Å². The first-order chi connectivity index (χ1) is 16.9. The van der Waals surface area contributed by atoms with Crippen LogP contribution in [0.5, 0.6) is 17.2 Å². The van der Waals surface area contributed by atoms with Crippen LogP contribution in [0.25, 0.3) is 0 Å². The first-order valence-corrected chi connectivity index (χ1v) is 11.5. The summed E-state index contributed by atoms with van der Waals surface area (Å²) >= 11 is 0. The van der Waals surface area contributed by atoms with Crippen LogP contribution in [0.3, 0.4) is 0 Å². The molecule has 0 fully saturated rings. The molecule has 0 unspecified atom stereocenters. The minimum atomic E-state index is -0.361. The predicted molar refractivity (Wildman–Crippen MR) is 132 cm³/mol. The number of hydrazone groups is 1. The maximum Gasteiger partial charge on any atom is 0.262 e. The van der Waals surface area contributed by atoms with Crippen LogP contribution < -0.4 is 14.2 Å². The summed E-state index contributed by atoms with van der Waals surface area (Å²) in [4.78, 5) is 27.4. The van der Waals surface area contributed by atoms with E-state index in [-0.39, 0.29) is 24.4 Å². The van der Waals surface area contributed by atoms with Crippen molar-refractivity contribution < 1.29 is 28.5 Å². The van der Waals surface area contributed by atoms with Gasteiger partial charge < -0.3 is 23.8 Å². The molecule has 2 amide bonds. The van der Waals surface area contributed by atoms with Gasteiger partial charge in [0.05, 0.1) is 39.7 Å². The fourth-order valence-corrected chi connectivity index (χ4v) is 3.97. The second kappa shape index (κ2) is 12.2. The van der Waals surface area contributed by atoms with Gasteiger partial charge in [-0.15, -0.1) is 0 Å². The highest BCUT2D eigenvalue weighted by Gasteiger charge is 2.34. The number of benzene rings is 2. The van der Waals surface area contributed by atoms with Gasteiger partial charge in [0.2, 0.25) is 5.91 Å². The van der Waals surface area contributed by atoms with Crippen LogP contribution in [0.1, 0.15) is 36.9 Å². The smallest absolute Gasteiger partial charge is 0.262 e. The second-order valence-electron chi connectivity index (χ2n) is 8.01. The monoisotopic (exact) mass is 483 g/mol. The van der Waals surface area contributed by atoms with Gasteiger partial charge in [-0.25, -0.2) is 5.01 Å². The molecule has 9 nitrogen and oxygen atoms in total. The number of rotatable bonds is 11. The minimum absolute atomic E-state index is 0.0841. The molecule has 0 bridgehead atoms. The SMILES string of the molecule is CCC(=O)N(CCOC)CC(=O)N1N=C(c2ccc(OC)cc2)C[C@H]1c1ccc(OC)c(OC)c1. The van der Waals surface area contributed by atoms with Crippen molar-refractivity contribution in [3.63, 3.8) is 0 Å². The van der Waals surface area contributed by atoms with Gasteiger partial charge >= 0.3 is 0 Å². The lowest BCUT2D eigenvalue weighted by molar-refractivity contribution is -0.141. The van der Waals surface area contributed by atoms with Gasteiger partial charge in [0.15, 0.2) is 11.5 Å². The van der Waals surface area contributed by atoms with Gasteiger partial charge in [-0.3, -0.25) is 9.59 Å². The second-order valence-corrected chi connectivity index (χ2v) is 8.01. The molecule has 3 rings (SSSR count). The Bertz CT molecular complexity index is 1050. The Labute approximate surface area is 206 Å². The summed E-state index contributed by atoms with van der Waals surface area (Å²) in [7, 11) is 6.33. The van der Waals surface area contributed by atoms with Crippen LogP contribution in [0.2, 0.25) is 0 Å². The van der Waals surface area contributed by atoms with Crippen LogP contribution in [0.15, 0.2) is 47.6 Å². The molecule has 0 aliphatic carbocycles. The maximum atomic E-state index is 13.5. The highest BCUT2D eigenvalue weighted by atomic mass is 16.5. The molecule has 1 atom stereocenters. The summed E-state index contributed by atoms with van der Waals surface area (Å²) in [6.45, 7) is 2.37. The summed E-state index contributed by atoms with van der Waals surface area (Å²) in [5.41, 5.74) is 2.52. The average molecular weight is 484 g/mol. The highest BCUT2D eigenvalue weighted by Crippen LogP contribution is 2.37. The molecular formula is C26H33N3O6. The summed E-state index contributed by atoms with van der Waals surface area (Å²) in [6, 6.07) is 12.8. The number of hydrogen-bond acceptors (Lipinski definition) is 7. The van der Waals surface area contributed by atoms with Gasteiger partial charge in [0.1, 0.15) is 12.3 Å². The minimum Gasteiger partial charge on any atom is -0.497 e. The molecule has 188 valence electrons. The molecule has 9 heteroatoms. The van der Waals surface area contributed by atoms with Crippen molar-refractivity contribution in [2.75, 3.05) is 48.1 Å². The third-order valence-corrected chi connectivity index (χ3v) is 5.93. The first kappa shape index (κ1) is 26.0. The molecule has 0 aromatic heterocycles. The molecule has 0 spiro atoms. The van der Waals surface area contributed by atoms with E-state index in [9.17, 15) is 9.59 Å². The van der Waals surface area contributed by atoms with Crippen molar-refractivity contribution in [1.82, 2.24) is 9.91 Å². The fourth-order valence-electron chi connectivity index (χ4n) is 3.97. The predicted octanol–water partition coefficient (Wildman–Crippen LogP) is 3.28. The summed E-state index contributed by atoms with van der Waals surface area (Å²) in [5, 5.41) is 6.18. The number of carbonyl (C=O) groups is 2.